The predicted octanol–water partition coefficient (Wildman–Crippen LogP) is 13.6. The van der Waals surface area contributed by atoms with Gasteiger partial charge in [0.1, 0.15) is 25.9 Å². The third-order valence-corrected chi connectivity index (χ3v) is 19.1. The van der Waals surface area contributed by atoms with Crippen LogP contribution in [0.15, 0.2) is 23.8 Å². The number of fused-ring (bicyclic) bond motifs is 5. The summed E-state index contributed by atoms with van der Waals surface area (Å²) < 4.78 is 41.2. The first kappa shape index (κ1) is 61.5. The number of phosphoric ester groups is 1. The zero-order chi connectivity index (χ0) is 52.6. The highest BCUT2D eigenvalue weighted by Crippen LogP contribution is 2.67. The Bertz CT molecular complexity index is 1760. The van der Waals surface area contributed by atoms with E-state index in [4.69, 9.17) is 23.3 Å². The summed E-state index contributed by atoms with van der Waals surface area (Å²) in [5.74, 6) is 3.95. The number of allylic oxidation sites excluding steroid dienone is 3. The van der Waals surface area contributed by atoms with Gasteiger partial charge in [-0.3, -0.25) is 18.9 Å². The van der Waals surface area contributed by atoms with Crippen LogP contribution in [0.2, 0.25) is 0 Å². The highest BCUT2D eigenvalue weighted by molar-refractivity contribution is 7.45. The number of quaternary nitrogens is 1. The highest BCUT2D eigenvalue weighted by Gasteiger charge is 2.59. The minimum absolute atomic E-state index is 0.0872. The number of esters is 3. The van der Waals surface area contributed by atoms with Crippen LogP contribution in [0.4, 0.5) is 0 Å². The third-order valence-electron chi connectivity index (χ3n) is 18.1. The number of hydrogen-bond acceptors (Lipinski definition) is 10. The molecular weight excluding hydrogens is 914 g/mol. The number of unbranched alkanes of at least 4 members (excludes halogenated alkanes) is 1. The zero-order valence-electron chi connectivity index (χ0n) is 47.3. The fourth-order valence-corrected chi connectivity index (χ4v) is 14.4. The number of nitrogens with zero attached hydrogens (tertiary/aromatic N) is 1. The molecule has 0 aromatic heterocycles. The lowest BCUT2D eigenvalue weighted by Crippen LogP contribution is -2.51. The van der Waals surface area contributed by atoms with Gasteiger partial charge in [-0.2, -0.15) is 0 Å². The lowest BCUT2D eigenvalue weighted by atomic mass is 9.47. The van der Waals surface area contributed by atoms with Gasteiger partial charge < -0.3 is 32.6 Å². The average Bonchev–Trinajstić information content (AvgIpc) is 3.66. The Morgan fingerprint density at radius 2 is 1.48 bits per heavy atom. The minimum Gasteiger partial charge on any atom is -0.756 e. The summed E-state index contributed by atoms with van der Waals surface area (Å²) in [4.78, 5) is 53.2. The molecule has 0 heterocycles. The molecule has 0 bridgehead atoms. The van der Waals surface area contributed by atoms with Crippen molar-refractivity contribution in [3.63, 3.8) is 0 Å². The molecule has 4 aliphatic rings. The Morgan fingerprint density at radius 3 is 2.14 bits per heavy atom. The van der Waals surface area contributed by atoms with Crippen molar-refractivity contribution in [2.24, 2.45) is 70.0 Å². The van der Waals surface area contributed by atoms with Gasteiger partial charge >= 0.3 is 17.9 Å². The number of carbonyl (C=O) groups is 3. The molecule has 71 heavy (non-hydrogen) atoms. The molecular formula is C59H104NO10P. The topological polar surface area (TPSA) is 137 Å². The Kier molecular flexibility index (Phi) is 24.9. The molecule has 4 aliphatic carbocycles. The number of rotatable bonds is 32. The van der Waals surface area contributed by atoms with Crippen molar-refractivity contribution in [3.8, 4) is 0 Å². The number of carbonyl (C=O) groups excluding carboxylic acids is 3. The fraction of sp³-hybridized carbons (Fsp3) is 0.881. The van der Waals surface area contributed by atoms with Crippen molar-refractivity contribution in [2.45, 2.75) is 216 Å². The molecule has 6 unspecified atom stereocenters. The molecule has 0 spiro atoms. The lowest BCUT2D eigenvalue weighted by molar-refractivity contribution is -0.870. The lowest BCUT2D eigenvalue weighted by Gasteiger charge is -2.58. The SMILES string of the molecule is CCCC(C)CCCCC(CCC(C)CCC)C(=O)OCC(COP(=O)([O-])OCC[N+](C)(C)C)OC(=O)CCC(=O)O[C@H]1CC[C@@]2(C)C(=CC[C@H]3[C@@H]4CC[C@H](C(C)/C=C/[C@@H](CC)C(C)C)[C@@]4(C)CC[C@@H]32)C1. The van der Waals surface area contributed by atoms with Gasteiger partial charge in [-0.25, -0.2) is 0 Å². The van der Waals surface area contributed by atoms with Crippen molar-refractivity contribution in [3.05, 3.63) is 23.8 Å². The zero-order valence-corrected chi connectivity index (χ0v) is 48.2. The molecule has 0 amide bonds. The normalized spacial score (nSPS) is 28.9. The van der Waals surface area contributed by atoms with Gasteiger partial charge in [0.25, 0.3) is 7.82 Å². The molecule has 0 N–H and O–H groups in total. The molecule has 0 aromatic carbocycles. The van der Waals surface area contributed by atoms with E-state index in [-0.39, 0.29) is 49.5 Å². The molecule has 0 saturated heterocycles. The van der Waals surface area contributed by atoms with E-state index in [2.05, 4.69) is 87.5 Å². The summed E-state index contributed by atoms with van der Waals surface area (Å²) >= 11 is 0. The van der Waals surface area contributed by atoms with Crippen LogP contribution in [0.3, 0.4) is 0 Å². The number of phosphoric acid groups is 1. The molecule has 12 heteroatoms. The van der Waals surface area contributed by atoms with Crippen molar-refractivity contribution in [2.75, 3.05) is 47.5 Å². The van der Waals surface area contributed by atoms with E-state index in [0.717, 1.165) is 82.5 Å². The molecule has 0 aromatic rings. The van der Waals surface area contributed by atoms with Crippen LogP contribution in [-0.4, -0.2) is 82.1 Å². The highest BCUT2D eigenvalue weighted by atomic mass is 31.2. The van der Waals surface area contributed by atoms with E-state index in [1.54, 1.807) is 0 Å². The van der Waals surface area contributed by atoms with Gasteiger partial charge in [-0.05, 0) is 135 Å². The van der Waals surface area contributed by atoms with Gasteiger partial charge in [0.05, 0.1) is 46.5 Å². The predicted molar refractivity (Wildman–Crippen MR) is 284 cm³/mol. The van der Waals surface area contributed by atoms with Crippen molar-refractivity contribution >= 4 is 25.7 Å². The van der Waals surface area contributed by atoms with Gasteiger partial charge in [-0.15, -0.1) is 0 Å². The molecule has 4 rings (SSSR count). The van der Waals surface area contributed by atoms with E-state index < -0.39 is 32.5 Å². The number of likely N-dealkylation sites (N-methyl/N-ethyl adjacent to an activating group) is 1. The summed E-state index contributed by atoms with van der Waals surface area (Å²) in [5.41, 5.74) is 1.92. The summed E-state index contributed by atoms with van der Waals surface area (Å²) in [5, 5.41) is 0. The maximum atomic E-state index is 13.7. The van der Waals surface area contributed by atoms with Crippen molar-refractivity contribution < 1.29 is 51.6 Å². The summed E-state index contributed by atoms with van der Waals surface area (Å²) in [6.07, 6.45) is 25.5. The Labute approximate surface area is 433 Å². The number of ether oxygens (including phenoxy) is 3. The first-order valence-electron chi connectivity index (χ1n) is 28.8. The second kappa shape index (κ2) is 28.7. The quantitative estimate of drug-likeness (QED) is 0.0160. The van der Waals surface area contributed by atoms with Crippen molar-refractivity contribution in [1.82, 2.24) is 0 Å². The minimum atomic E-state index is -4.77. The van der Waals surface area contributed by atoms with Gasteiger partial charge in [0, 0.05) is 6.42 Å². The summed E-state index contributed by atoms with van der Waals surface area (Å²) in [7, 11) is 0.980. The first-order valence-corrected chi connectivity index (χ1v) is 30.2. The van der Waals surface area contributed by atoms with Crippen LogP contribution >= 0.6 is 7.82 Å². The largest absolute Gasteiger partial charge is 0.756 e. The molecule has 0 aliphatic heterocycles. The molecule has 410 valence electrons. The van der Waals surface area contributed by atoms with Gasteiger partial charge in [0.2, 0.25) is 0 Å². The van der Waals surface area contributed by atoms with E-state index in [1.807, 2.05) is 21.1 Å². The third kappa shape index (κ3) is 18.9. The van der Waals surface area contributed by atoms with Crippen LogP contribution in [0.5, 0.6) is 0 Å². The van der Waals surface area contributed by atoms with Crippen LogP contribution < -0.4 is 4.89 Å². The van der Waals surface area contributed by atoms with Crippen LogP contribution in [0.25, 0.3) is 0 Å². The Balaban J connectivity index is 1.33. The Morgan fingerprint density at radius 1 is 0.803 bits per heavy atom. The maximum Gasteiger partial charge on any atom is 0.309 e. The van der Waals surface area contributed by atoms with E-state index in [0.29, 0.717) is 70.7 Å². The van der Waals surface area contributed by atoms with Crippen LogP contribution in [-0.2, 0) is 42.2 Å². The maximum absolute atomic E-state index is 13.7. The van der Waals surface area contributed by atoms with Crippen LogP contribution in [0.1, 0.15) is 204 Å². The second-order valence-electron chi connectivity index (χ2n) is 25.1. The number of hydrogen-bond donors (Lipinski definition) is 0. The molecule has 3 saturated carbocycles. The van der Waals surface area contributed by atoms with Crippen LogP contribution in [0, 0.1) is 70.0 Å². The second-order valence-corrected chi connectivity index (χ2v) is 26.5. The first-order chi connectivity index (χ1) is 33.4. The molecule has 3 fully saturated rings. The van der Waals surface area contributed by atoms with E-state index in [9.17, 15) is 23.8 Å². The van der Waals surface area contributed by atoms with E-state index >= 15 is 0 Å². The van der Waals surface area contributed by atoms with E-state index in [1.165, 1.54) is 44.1 Å². The monoisotopic (exact) mass is 1020 g/mol. The standard InChI is InChI=1S/C59H104NO10P/c1-14-19-43(6)21-17-18-22-47(25-23-44(7)20-15-2)57(63)66-40-50(41-68-71(64,65)67-38-37-60(11,12)13)70-56(62)32-31-55(61)69-49-33-35-58(9)48(39-49)27-28-51-53-30-29-52(59(53,10)36-34-54(51)58)45(8)24-26-46(16-3)42(4)5/h24,26-27,42-47,49-54H,14-23,25,28-41H2,1-13H3/b26-24+/t43?,44?,45?,46-,47?,49+,50?,51+,52-,53+,54+,58+,59-/m1/s1. The van der Waals surface area contributed by atoms with Crippen molar-refractivity contribution in [1.29, 1.82) is 0 Å². The molecule has 11 nitrogen and oxygen atoms in total. The molecule has 0 radical (unpaired) electrons. The summed E-state index contributed by atoms with van der Waals surface area (Å²) in [6.45, 7) is 22.8. The summed E-state index contributed by atoms with van der Waals surface area (Å²) in [6, 6.07) is 0. The molecule has 14 atom stereocenters. The Hall–Kier alpha value is -2.04. The fourth-order valence-electron chi connectivity index (χ4n) is 13.7. The average molecular weight is 1020 g/mol. The smallest absolute Gasteiger partial charge is 0.309 e. The van der Waals surface area contributed by atoms with Gasteiger partial charge in [0.15, 0.2) is 6.10 Å². The van der Waals surface area contributed by atoms with Gasteiger partial charge in [-0.1, -0.05) is 138 Å².